The van der Waals surface area contributed by atoms with E-state index in [9.17, 15) is 19.5 Å². The molecule has 0 fully saturated rings. The molecule has 0 rings (SSSR count). The second kappa shape index (κ2) is 64.2. The SMILES string of the molecule is CC/C=C\C/C=C\C/C=C\C/C=C\C/C=C\C/C=C\C/C=C\C/C=C\C/C=C\C/C=C\CCCCCCCCCCCCC(=O)OC(COC(=O)CCCCCCCCC/C=C\C/C=C\CCCCCC)COC(OCC[N+](C)(C)C)C(=O)O. The topological polar surface area (TPSA) is 108 Å². The van der Waals surface area contributed by atoms with Gasteiger partial charge in [-0.1, -0.05) is 262 Å². The van der Waals surface area contributed by atoms with Crippen LogP contribution in [0.5, 0.6) is 0 Å². The molecule has 9 nitrogen and oxygen atoms in total. The Morgan fingerprint density at radius 1 is 0.369 bits per heavy atom. The molecule has 1 N–H and O–H groups in total. The Labute approximate surface area is 515 Å². The van der Waals surface area contributed by atoms with Crippen molar-refractivity contribution in [2.75, 3.05) is 47.5 Å². The van der Waals surface area contributed by atoms with E-state index in [4.69, 9.17) is 18.9 Å². The van der Waals surface area contributed by atoms with Crippen molar-refractivity contribution in [1.29, 1.82) is 0 Å². The van der Waals surface area contributed by atoms with E-state index in [0.29, 0.717) is 17.4 Å². The number of rotatable bonds is 60. The molecule has 0 saturated heterocycles. The van der Waals surface area contributed by atoms with E-state index < -0.39 is 24.3 Å². The van der Waals surface area contributed by atoms with Crippen molar-refractivity contribution in [3.05, 3.63) is 146 Å². The van der Waals surface area contributed by atoms with Gasteiger partial charge in [-0.05, 0) is 122 Å². The number of carbonyl (C=O) groups is 3. The van der Waals surface area contributed by atoms with Crippen LogP contribution in [0.25, 0.3) is 0 Å². The molecule has 2 unspecified atom stereocenters. The zero-order valence-corrected chi connectivity index (χ0v) is 54.3. The molecule has 0 radical (unpaired) electrons. The number of carboxylic acid groups (broad SMARTS) is 1. The van der Waals surface area contributed by atoms with Gasteiger partial charge < -0.3 is 28.5 Å². The first-order valence-electron chi connectivity index (χ1n) is 33.5. The fourth-order valence-corrected chi connectivity index (χ4v) is 8.72. The van der Waals surface area contributed by atoms with Crippen LogP contribution in [0.1, 0.15) is 251 Å². The van der Waals surface area contributed by atoms with Gasteiger partial charge in [0.1, 0.15) is 13.2 Å². The Hall–Kier alpha value is -4.83. The summed E-state index contributed by atoms with van der Waals surface area (Å²) < 4.78 is 22.9. The number of quaternary nitrogens is 1. The number of carboxylic acids is 1. The number of nitrogens with zero attached hydrogens (tertiary/aromatic N) is 1. The van der Waals surface area contributed by atoms with Crippen molar-refractivity contribution in [3.63, 3.8) is 0 Å². The number of carbonyl (C=O) groups excluding carboxylic acids is 2. The standard InChI is InChI=1S/C75H123NO8/c1-6-8-10-12-14-16-18-20-22-24-26-27-28-29-30-31-32-33-34-35-36-37-38-39-40-41-42-43-44-45-46-47-48-50-52-54-56-58-60-62-64-66-73(78)84-71(70-83-75(74(79)80)81-68-67-76(3,4)5)69-82-72(77)65-63-61-59-57-55-53-51-49-25-23-21-19-17-15-13-11-9-7-2/h8,10,14,16-17,19-20,22-23,25-27,29-30,32-33,35-36,38-39,41-42,44-45,71,75H,6-7,9,11-13,15,18,21,24,28,31,34,37,40,43,46-70H2,1-5H3/p+1/b10-8-,16-14-,19-17-,22-20-,25-23-,27-26-,30-29-,33-32-,36-35-,39-38-,42-41-,45-44-. The molecule has 2 atom stereocenters. The lowest BCUT2D eigenvalue weighted by Gasteiger charge is -2.25. The van der Waals surface area contributed by atoms with E-state index in [1.807, 2.05) is 21.1 Å². The second-order valence-electron chi connectivity index (χ2n) is 23.0. The Morgan fingerprint density at radius 3 is 1.01 bits per heavy atom. The lowest BCUT2D eigenvalue weighted by atomic mass is 10.0. The van der Waals surface area contributed by atoms with Crippen molar-refractivity contribution in [2.45, 2.75) is 264 Å². The summed E-state index contributed by atoms with van der Waals surface area (Å²) in [7, 11) is 5.96. The fraction of sp³-hybridized carbons (Fsp3) is 0.640. The largest absolute Gasteiger partial charge is 0.477 e. The van der Waals surface area contributed by atoms with Gasteiger partial charge in [0.2, 0.25) is 0 Å². The molecule has 0 amide bonds. The maximum atomic E-state index is 12.9. The summed E-state index contributed by atoms with van der Waals surface area (Å²) >= 11 is 0. The van der Waals surface area contributed by atoms with Crippen molar-refractivity contribution in [1.82, 2.24) is 0 Å². The molecule has 0 heterocycles. The molecule has 9 heteroatoms. The molecule has 84 heavy (non-hydrogen) atoms. The second-order valence-corrected chi connectivity index (χ2v) is 23.0. The predicted molar refractivity (Wildman–Crippen MR) is 359 cm³/mol. The van der Waals surface area contributed by atoms with E-state index in [0.717, 1.165) is 128 Å². The van der Waals surface area contributed by atoms with Gasteiger partial charge >= 0.3 is 17.9 Å². The van der Waals surface area contributed by atoms with E-state index in [1.54, 1.807) is 0 Å². The summed E-state index contributed by atoms with van der Waals surface area (Å²) in [6, 6.07) is 0. The summed E-state index contributed by atoms with van der Waals surface area (Å²) in [4.78, 5) is 37.5. The van der Waals surface area contributed by atoms with Gasteiger partial charge in [-0.3, -0.25) is 9.59 Å². The molecule has 0 bridgehead atoms. The third-order valence-corrected chi connectivity index (χ3v) is 13.8. The van der Waals surface area contributed by atoms with Crippen LogP contribution >= 0.6 is 0 Å². The molecular formula is C75H124NO8+. The highest BCUT2D eigenvalue weighted by Gasteiger charge is 2.25. The van der Waals surface area contributed by atoms with Crippen LogP contribution in [0, 0.1) is 0 Å². The van der Waals surface area contributed by atoms with Crippen LogP contribution in [-0.4, -0.2) is 87.4 Å². The first kappa shape index (κ1) is 79.2. The number of ether oxygens (including phenoxy) is 4. The normalized spacial score (nSPS) is 13.7. The lowest BCUT2D eigenvalue weighted by molar-refractivity contribution is -0.870. The molecule has 0 aliphatic carbocycles. The summed E-state index contributed by atoms with van der Waals surface area (Å²) in [5.41, 5.74) is 0. The third-order valence-electron chi connectivity index (χ3n) is 13.8. The van der Waals surface area contributed by atoms with Crippen molar-refractivity contribution >= 4 is 17.9 Å². The maximum Gasteiger partial charge on any atom is 0.361 e. The number of unbranched alkanes of at least 4 members (excludes halogenated alkanes) is 21. The minimum Gasteiger partial charge on any atom is -0.477 e. The first-order chi connectivity index (χ1) is 41.1. The molecule has 0 aromatic heterocycles. The zero-order chi connectivity index (χ0) is 61.2. The van der Waals surface area contributed by atoms with Gasteiger partial charge in [0.15, 0.2) is 6.10 Å². The van der Waals surface area contributed by atoms with Crippen molar-refractivity contribution in [3.8, 4) is 0 Å². The molecule has 0 aliphatic rings. The highest BCUT2D eigenvalue weighted by molar-refractivity contribution is 5.71. The maximum absolute atomic E-state index is 12.9. The fourth-order valence-electron chi connectivity index (χ4n) is 8.72. The van der Waals surface area contributed by atoms with Gasteiger partial charge in [-0.25, -0.2) is 4.79 Å². The Bertz CT molecular complexity index is 1890. The zero-order valence-electron chi connectivity index (χ0n) is 54.3. The van der Waals surface area contributed by atoms with Gasteiger partial charge in [0.25, 0.3) is 6.29 Å². The summed E-state index contributed by atoms with van der Waals surface area (Å²) in [6.45, 7) is 4.72. The van der Waals surface area contributed by atoms with Gasteiger partial charge in [-0.2, -0.15) is 0 Å². The van der Waals surface area contributed by atoms with E-state index in [1.165, 1.54) is 89.9 Å². The van der Waals surface area contributed by atoms with Crippen LogP contribution in [0.4, 0.5) is 0 Å². The quantitative estimate of drug-likeness (QED) is 0.0211. The van der Waals surface area contributed by atoms with E-state index in [-0.39, 0.29) is 38.6 Å². The van der Waals surface area contributed by atoms with Crippen LogP contribution in [-0.2, 0) is 33.3 Å². The number of likely N-dealkylation sites (N-methyl/N-ethyl adjacent to an activating group) is 1. The highest BCUT2D eigenvalue weighted by Crippen LogP contribution is 2.15. The molecule has 0 saturated carbocycles. The van der Waals surface area contributed by atoms with Crippen LogP contribution in [0.15, 0.2) is 146 Å². The van der Waals surface area contributed by atoms with Crippen LogP contribution in [0.2, 0.25) is 0 Å². The minimum absolute atomic E-state index is 0.179. The Kier molecular flexibility index (Phi) is 60.5. The third kappa shape index (κ3) is 64.7. The Morgan fingerprint density at radius 2 is 0.679 bits per heavy atom. The van der Waals surface area contributed by atoms with Crippen LogP contribution < -0.4 is 0 Å². The monoisotopic (exact) mass is 1170 g/mol. The smallest absolute Gasteiger partial charge is 0.361 e. The van der Waals surface area contributed by atoms with Gasteiger partial charge in [0.05, 0.1) is 34.4 Å². The van der Waals surface area contributed by atoms with E-state index >= 15 is 0 Å². The average molecular weight is 1170 g/mol. The molecule has 0 spiro atoms. The van der Waals surface area contributed by atoms with E-state index in [2.05, 4.69) is 160 Å². The minimum atomic E-state index is -1.52. The van der Waals surface area contributed by atoms with Crippen LogP contribution in [0.3, 0.4) is 0 Å². The highest BCUT2D eigenvalue weighted by atomic mass is 16.7. The molecular weight excluding hydrogens is 1040 g/mol. The van der Waals surface area contributed by atoms with Gasteiger partial charge in [0, 0.05) is 12.8 Å². The van der Waals surface area contributed by atoms with Gasteiger partial charge in [-0.15, -0.1) is 0 Å². The van der Waals surface area contributed by atoms with Crippen molar-refractivity contribution in [2.24, 2.45) is 0 Å². The summed E-state index contributed by atoms with van der Waals surface area (Å²) in [5, 5.41) is 9.72. The molecule has 0 aromatic carbocycles. The first-order valence-corrected chi connectivity index (χ1v) is 33.5. The average Bonchev–Trinajstić information content (AvgIpc) is 3.52. The predicted octanol–water partition coefficient (Wildman–Crippen LogP) is 20.7. The lowest BCUT2D eigenvalue weighted by Crippen LogP contribution is -2.40. The number of hydrogen-bond donors (Lipinski definition) is 1. The summed E-state index contributed by atoms with van der Waals surface area (Å²) in [6.07, 6.45) is 90.9. The molecule has 0 aliphatic heterocycles. The summed E-state index contributed by atoms with van der Waals surface area (Å²) in [5.74, 6) is -2.03. The number of allylic oxidation sites excluding steroid dienone is 24. The molecule has 0 aromatic rings. The number of aliphatic carboxylic acids is 1. The number of hydrogen-bond acceptors (Lipinski definition) is 7. The molecule has 476 valence electrons. The van der Waals surface area contributed by atoms with Crippen molar-refractivity contribution < 1.29 is 42.9 Å². The number of esters is 2. The Balaban J connectivity index is 4.16.